The number of rotatable bonds is 2. The lowest BCUT2D eigenvalue weighted by Crippen LogP contribution is -2.24. The van der Waals surface area contributed by atoms with Crippen LogP contribution in [0.1, 0.15) is 44.5 Å². The van der Waals surface area contributed by atoms with Crippen LogP contribution in [0.5, 0.6) is 0 Å². The molecule has 3 rings (SSSR count). The average Bonchev–Trinajstić information content (AvgIpc) is 2.91. The van der Waals surface area contributed by atoms with Crippen LogP contribution in [0.4, 0.5) is 5.69 Å². The van der Waals surface area contributed by atoms with Gasteiger partial charge in [-0.2, -0.15) is 0 Å². The fourth-order valence-electron chi connectivity index (χ4n) is 3.01. The highest BCUT2D eigenvalue weighted by molar-refractivity contribution is 6.04. The minimum Gasteiger partial charge on any atom is -0.456 e. The number of esters is 1. The molecule has 122 valence electrons. The van der Waals surface area contributed by atoms with Crippen LogP contribution in [-0.4, -0.2) is 29.6 Å². The number of nitrogens with zero attached hydrogens (tertiary/aromatic N) is 2. The Bertz CT molecular complexity index is 734. The summed E-state index contributed by atoms with van der Waals surface area (Å²) in [4.78, 5) is 19.2. The lowest BCUT2D eigenvalue weighted by Gasteiger charge is -2.21. The lowest BCUT2D eigenvalue weighted by molar-refractivity contribution is 0.00718. The molecule has 23 heavy (non-hydrogen) atoms. The number of benzene rings is 1. The smallest absolute Gasteiger partial charge is 0.339 e. The predicted octanol–water partition coefficient (Wildman–Crippen LogP) is 4.04. The lowest BCUT2D eigenvalue weighted by atomic mass is 10.1. The van der Waals surface area contributed by atoms with Gasteiger partial charge in [-0.3, -0.25) is 4.98 Å². The zero-order valence-electron chi connectivity index (χ0n) is 14.3. The molecule has 1 aromatic heterocycles. The average molecular weight is 312 g/mol. The molecule has 4 nitrogen and oxygen atoms in total. The molecule has 0 N–H and O–H groups in total. The van der Waals surface area contributed by atoms with Gasteiger partial charge in [0.1, 0.15) is 5.60 Å². The molecule has 0 radical (unpaired) electrons. The fourth-order valence-corrected chi connectivity index (χ4v) is 3.01. The van der Waals surface area contributed by atoms with Gasteiger partial charge in [0.25, 0.3) is 0 Å². The molecule has 2 heterocycles. The minimum atomic E-state index is -0.505. The second-order valence-corrected chi connectivity index (χ2v) is 7.40. The number of carbonyl (C=O) groups excluding carboxylic acids is 1. The van der Waals surface area contributed by atoms with Gasteiger partial charge in [0.15, 0.2) is 0 Å². The number of carbonyl (C=O) groups is 1. The fraction of sp³-hybridized carbons (Fsp3) is 0.474. The van der Waals surface area contributed by atoms with Gasteiger partial charge in [-0.1, -0.05) is 6.92 Å². The summed E-state index contributed by atoms with van der Waals surface area (Å²) in [5.74, 6) is 0.418. The molecule has 0 aliphatic carbocycles. The maximum atomic E-state index is 12.5. The molecule has 1 aromatic carbocycles. The quantitative estimate of drug-likeness (QED) is 0.785. The van der Waals surface area contributed by atoms with Gasteiger partial charge in [0.2, 0.25) is 0 Å². The minimum absolute atomic E-state index is 0.295. The molecule has 1 atom stereocenters. The standard InChI is InChI=1S/C19H24N2O2/c1-13-8-10-21(12-13)14-5-6-17-16(11-14)15(7-9-20-17)18(22)23-19(2,3)4/h5-7,9,11,13H,8,10,12H2,1-4H3/t13-/m1/s1. The Kier molecular flexibility index (Phi) is 4.00. The van der Waals surface area contributed by atoms with Crippen molar-refractivity contribution in [1.82, 2.24) is 4.98 Å². The molecule has 1 fully saturated rings. The van der Waals surface area contributed by atoms with Crippen molar-refractivity contribution >= 4 is 22.6 Å². The summed E-state index contributed by atoms with van der Waals surface area (Å²) in [5, 5.41) is 0.860. The van der Waals surface area contributed by atoms with E-state index in [0.717, 1.165) is 29.7 Å². The van der Waals surface area contributed by atoms with Crippen molar-refractivity contribution in [3.05, 3.63) is 36.0 Å². The Balaban J connectivity index is 2.00. The van der Waals surface area contributed by atoms with Crippen molar-refractivity contribution in [2.24, 2.45) is 5.92 Å². The first-order valence-electron chi connectivity index (χ1n) is 8.20. The number of ether oxygens (including phenoxy) is 1. The molecule has 1 aliphatic rings. The number of anilines is 1. The molecule has 4 heteroatoms. The molecule has 0 amide bonds. The van der Waals surface area contributed by atoms with Crippen LogP contribution in [0, 0.1) is 5.92 Å². The Morgan fingerprint density at radius 1 is 1.30 bits per heavy atom. The van der Waals surface area contributed by atoms with Crippen molar-refractivity contribution in [3.8, 4) is 0 Å². The first-order valence-corrected chi connectivity index (χ1v) is 8.20. The number of hydrogen-bond acceptors (Lipinski definition) is 4. The topological polar surface area (TPSA) is 42.4 Å². The Morgan fingerprint density at radius 2 is 2.09 bits per heavy atom. The molecular formula is C19H24N2O2. The number of hydrogen-bond donors (Lipinski definition) is 0. The molecule has 2 aromatic rings. The third-order valence-corrected chi connectivity index (χ3v) is 4.13. The Morgan fingerprint density at radius 3 is 2.74 bits per heavy atom. The van der Waals surface area contributed by atoms with Crippen LogP contribution >= 0.6 is 0 Å². The van der Waals surface area contributed by atoms with E-state index in [9.17, 15) is 4.79 Å². The second kappa shape index (κ2) is 5.84. The highest BCUT2D eigenvalue weighted by atomic mass is 16.6. The largest absolute Gasteiger partial charge is 0.456 e. The van der Waals surface area contributed by atoms with E-state index in [1.54, 1.807) is 12.3 Å². The van der Waals surface area contributed by atoms with Crippen molar-refractivity contribution in [2.45, 2.75) is 39.7 Å². The van der Waals surface area contributed by atoms with Crippen LogP contribution < -0.4 is 4.90 Å². The number of fused-ring (bicyclic) bond motifs is 1. The number of pyridine rings is 1. The van der Waals surface area contributed by atoms with E-state index in [4.69, 9.17) is 4.74 Å². The van der Waals surface area contributed by atoms with Crippen LogP contribution in [0.15, 0.2) is 30.5 Å². The van der Waals surface area contributed by atoms with Gasteiger partial charge in [0.05, 0.1) is 11.1 Å². The molecule has 1 aliphatic heterocycles. The van der Waals surface area contributed by atoms with E-state index >= 15 is 0 Å². The Labute approximate surface area is 137 Å². The van der Waals surface area contributed by atoms with E-state index in [1.807, 2.05) is 26.8 Å². The maximum Gasteiger partial charge on any atom is 0.339 e. The highest BCUT2D eigenvalue weighted by Gasteiger charge is 2.22. The predicted molar refractivity (Wildman–Crippen MR) is 92.9 cm³/mol. The number of aromatic nitrogens is 1. The summed E-state index contributed by atoms with van der Waals surface area (Å²) < 4.78 is 5.53. The van der Waals surface area contributed by atoms with Crippen LogP contribution in [0.3, 0.4) is 0 Å². The summed E-state index contributed by atoms with van der Waals surface area (Å²) in [5.41, 5.74) is 2.05. The van der Waals surface area contributed by atoms with Gasteiger partial charge < -0.3 is 9.64 Å². The molecule has 0 unspecified atom stereocenters. The van der Waals surface area contributed by atoms with Crippen molar-refractivity contribution in [3.63, 3.8) is 0 Å². The van der Waals surface area contributed by atoms with Crippen LogP contribution in [0.2, 0.25) is 0 Å². The molecule has 0 saturated carbocycles. The maximum absolute atomic E-state index is 12.5. The second-order valence-electron chi connectivity index (χ2n) is 7.40. The van der Waals surface area contributed by atoms with Crippen LogP contribution in [0.25, 0.3) is 10.9 Å². The highest BCUT2D eigenvalue weighted by Crippen LogP contribution is 2.28. The van der Waals surface area contributed by atoms with Crippen LogP contribution in [-0.2, 0) is 4.74 Å². The normalized spacial score (nSPS) is 18.4. The van der Waals surface area contributed by atoms with E-state index in [1.165, 1.54) is 6.42 Å². The first-order chi connectivity index (χ1) is 10.8. The summed E-state index contributed by atoms with van der Waals surface area (Å²) >= 11 is 0. The van der Waals surface area contributed by atoms with E-state index in [0.29, 0.717) is 11.5 Å². The molecule has 1 saturated heterocycles. The van der Waals surface area contributed by atoms with Crippen molar-refractivity contribution in [1.29, 1.82) is 0 Å². The monoisotopic (exact) mass is 312 g/mol. The van der Waals surface area contributed by atoms with Gasteiger partial charge in [-0.15, -0.1) is 0 Å². The molecule has 0 spiro atoms. The van der Waals surface area contributed by atoms with Gasteiger partial charge >= 0.3 is 5.97 Å². The summed E-state index contributed by atoms with van der Waals surface area (Å²) in [6.45, 7) is 10.0. The van der Waals surface area contributed by atoms with Crippen molar-refractivity contribution < 1.29 is 9.53 Å². The first kappa shape index (κ1) is 15.8. The van der Waals surface area contributed by atoms with Gasteiger partial charge in [-0.25, -0.2) is 4.79 Å². The summed E-state index contributed by atoms with van der Waals surface area (Å²) in [7, 11) is 0. The molecule has 0 bridgehead atoms. The van der Waals surface area contributed by atoms with Gasteiger partial charge in [-0.05, 0) is 57.4 Å². The summed E-state index contributed by atoms with van der Waals surface area (Å²) in [6, 6.07) is 7.89. The van der Waals surface area contributed by atoms with E-state index in [-0.39, 0.29) is 5.97 Å². The third-order valence-electron chi connectivity index (χ3n) is 4.13. The summed E-state index contributed by atoms with van der Waals surface area (Å²) in [6.07, 6.45) is 2.88. The van der Waals surface area contributed by atoms with Gasteiger partial charge in [0, 0.05) is 30.4 Å². The van der Waals surface area contributed by atoms with E-state index < -0.39 is 5.60 Å². The zero-order valence-corrected chi connectivity index (χ0v) is 14.3. The third kappa shape index (κ3) is 3.46. The SMILES string of the molecule is C[C@@H]1CCN(c2ccc3nccc(C(=O)OC(C)(C)C)c3c2)C1. The molecular weight excluding hydrogens is 288 g/mol. The Hall–Kier alpha value is -2.10. The zero-order chi connectivity index (χ0) is 16.6. The van der Waals surface area contributed by atoms with Crippen molar-refractivity contribution in [2.75, 3.05) is 18.0 Å². The van der Waals surface area contributed by atoms with E-state index in [2.05, 4.69) is 28.9 Å².